The summed E-state index contributed by atoms with van der Waals surface area (Å²) in [5.74, 6) is 1.90. The Bertz CT molecular complexity index is 186. The zero-order valence-corrected chi connectivity index (χ0v) is 9.88. The fraction of sp³-hybridized carbons (Fsp3) is 0.923. The van der Waals surface area contributed by atoms with Gasteiger partial charge < -0.3 is 0 Å². The summed E-state index contributed by atoms with van der Waals surface area (Å²) in [4.78, 5) is 12.1. The van der Waals surface area contributed by atoms with Crippen LogP contribution < -0.4 is 0 Å². The molecule has 1 nitrogen and oxygen atoms in total. The van der Waals surface area contributed by atoms with Crippen LogP contribution in [0.2, 0.25) is 0 Å². The number of carbonyl (C=O) groups is 1. The molecule has 0 amide bonds. The van der Waals surface area contributed by atoms with Gasteiger partial charge in [-0.2, -0.15) is 0 Å². The molecule has 14 heavy (non-hydrogen) atoms. The van der Waals surface area contributed by atoms with E-state index in [1.807, 2.05) is 0 Å². The topological polar surface area (TPSA) is 17.1 Å². The van der Waals surface area contributed by atoms with Crippen LogP contribution in [0.5, 0.6) is 0 Å². The maximum Gasteiger partial charge on any atom is 0.139 e. The van der Waals surface area contributed by atoms with Gasteiger partial charge in [0, 0.05) is 11.8 Å². The average Bonchev–Trinajstić information content (AvgIpc) is 2.26. The number of carbonyl (C=O) groups excluding carboxylic acids is 1. The molecule has 0 bridgehead atoms. The Kier molecular flexibility index (Phi) is 4.64. The van der Waals surface area contributed by atoms with E-state index in [9.17, 15) is 4.79 Å². The maximum atomic E-state index is 12.1. The number of hydrogen-bond acceptors (Lipinski definition) is 1. The van der Waals surface area contributed by atoms with Crippen molar-refractivity contribution in [2.75, 3.05) is 0 Å². The summed E-state index contributed by atoms with van der Waals surface area (Å²) in [6.45, 7) is 6.43. The van der Waals surface area contributed by atoms with Crippen LogP contribution in [-0.4, -0.2) is 5.78 Å². The highest BCUT2D eigenvalue weighted by Crippen LogP contribution is 2.34. The van der Waals surface area contributed by atoms with E-state index in [0.29, 0.717) is 17.6 Å². The van der Waals surface area contributed by atoms with Crippen molar-refractivity contribution in [1.29, 1.82) is 0 Å². The quantitative estimate of drug-likeness (QED) is 0.668. The van der Waals surface area contributed by atoms with E-state index < -0.39 is 0 Å². The van der Waals surface area contributed by atoms with Crippen molar-refractivity contribution >= 4 is 5.78 Å². The van der Waals surface area contributed by atoms with Gasteiger partial charge in [0.1, 0.15) is 5.78 Å². The Hall–Kier alpha value is -0.330. The van der Waals surface area contributed by atoms with Crippen LogP contribution in [0.4, 0.5) is 0 Å². The molecule has 0 unspecified atom stereocenters. The molecule has 0 aromatic rings. The van der Waals surface area contributed by atoms with Crippen molar-refractivity contribution in [1.82, 2.24) is 0 Å². The largest absolute Gasteiger partial charge is 0.299 e. The highest BCUT2D eigenvalue weighted by atomic mass is 16.1. The van der Waals surface area contributed by atoms with Gasteiger partial charge in [-0.25, -0.2) is 0 Å². The van der Waals surface area contributed by atoms with Crippen LogP contribution in [-0.2, 0) is 4.79 Å². The lowest BCUT2D eigenvalue weighted by atomic mass is 9.73. The van der Waals surface area contributed by atoms with Gasteiger partial charge in [-0.15, -0.1) is 0 Å². The van der Waals surface area contributed by atoms with Gasteiger partial charge in [-0.1, -0.05) is 40.0 Å². The van der Waals surface area contributed by atoms with Crippen molar-refractivity contribution in [3.8, 4) is 0 Å². The summed E-state index contributed by atoms with van der Waals surface area (Å²) in [7, 11) is 0. The van der Waals surface area contributed by atoms with Gasteiger partial charge in [-0.05, 0) is 25.2 Å². The van der Waals surface area contributed by atoms with E-state index in [2.05, 4.69) is 20.8 Å². The van der Waals surface area contributed by atoms with Crippen molar-refractivity contribution in [3.63, 3.8) is 0 Å². The third kappa shape index (κ3) is 2.59. The maximum absolute atomic E-state index is 12.1. The first-order valence-electron chi connectivity index (χ1n) is 6.24. The minimum absolute atomic E-state index is 0.284. The molecule has 0 spiro atoms. The summed E-state index contributed by atoms with van der Waals surface area (Å²) in [6, 6.07) is 0. The molecule has 1 aliphatic rings. The molecule has 0 heterocycles. The van der Waals surface area contributed by atoms with Crippen molar-refractivity contribution in [3.05, 3.63) is 0 Å². The molecule has 1 rings (SSSR count). The Morgan fingerprint density at radius 3 is 2.50 bits per heavy atom. The molecule has 0 saturated heterocycles. The summed E-state index contributed by atoms with van der Waals surface area (Å²) in [5.41, 5.74) is 0. The fourth-order valence-corrected chi connectivity index (χ4v) is 2.64. The van der Waals surface area contributed by atoms with Crippen molar-refractivity contribution in [2.24, 2.45) is 17.8 Å². The lowest BCUT2D eigenvalue weighted by Gasteiger charge is -2.31. The molecule has 3 atom stereocenters. The van der Waals surface area contributed by atoms with Gasteiger partial charge in [-0.3, -0.25) is 4.79 Å². The number of rotatable bonds is 4. The first-order chi connectivity index (χ1) is 6.70. The van der Waals surface area contributed by atoms with Gasteiger partial charge in [0.2, 0.25) is 0 Å². The highest BCUT2D eigenvalue weighted by Gasteiger charge is 2.31. The van der Waals surface area contributed by atoms with E-state index in [4.69, 9.17) is 0 Å². The van der Waals surface area contributed by atoms with Gasteiger partial charge >= 0.3 is 0 Å². The lowest BCUT2D eigenvalue weighted by Crippen LogP contribution is -2.30. The molecule has 1 saturated carbocycles. The van der Waals surface area contributed by atoms with E-state index in [1.54, 1.807) is 0 Å². The Morgan fingerprint density at radius 1 is 1.29 bits per heavy atom. The molecular formula is C13H24O. The van der Waals surface area contributed by atoms with Crippen molar-refractivity contribution in [2.45, 2.75) is 59.3 Å². The number of Topliss-reactive ketones (excluding diaryl/α,β-unsaturated/α-hetero) is 1. The van der Waals surface area contributed by atoms with Gasteiger partial charge in [0.15, 0.2) is 0 Å². The van der Waals surface area contributed by atoms with Gasteiger partial charge in [0.25, 0.3) is 0 Å². The molecule has 0 aliphatic heterocycles. The van der Waals surface area contributed by atoms with Crippen LogP contribution in [0, 0.1) is 17.8 Å². The van der Waals surface area contributed by atoms with E-state index in [-0.39, 0.29) is 5.92 Å². The molecular weight excluding hydrogens is 172 g/mol. The first-order valence-corrected chi connectivity index (χ1v) is 6.24. The van der Waals surface area contributed by atoms with Crippen LogP contribution in [0.3, 0.4) is 0 Å². The molecule has 1 aliphatic carbocycles. The lowest BCUT2D eigenvalue weighted by molar-refractivity contribution is -0.129. The van der Waals surface area contributed by atoms with E-state index in [1.165, 1.54) is 25.7 Å². The van der Waals surface area contributed by atoms with Crippen LogP contribution >= 0.6 is 0 Å². The van der Waals surface area contributed by atoms with Gasteiger partial charge in [0.05, 0.1) is 0 Å². The second kappa shape index (κ2) is 5.53. The molecule has 0 radical (unpaired) electrons. The average molecular weight is 196 g/mol. The Balaban J connectivity index is 2.58. The summed E-state index contributed by atoms with van der Waals surface area (Å²) < 4.78 is 0. The number of ketones is 1. The zero-order valence-electron chi connectivity index (χ0n) is 9.88. The van der Waals surface area contributed by atoms with Crippen LogP contribution in [0.1, 0.15) is 59.3 Å². The predicted molar refractivity (Wildman–Crippen MR) is 60.2 cm³/mol. The molecule has 0 aromatic carbocycles. The van der Waals surface area contributed by atoms with E-state index >= 15 is 0 Å². The standard InChI is InChI=1S/C13H24O/c1-4-10(3)13(14)12-9-7-6-8-11(12)5-2/h10-12H,4-9H2,1-3H3/t10-,11+,12+/m0/s1. The Morgan fingerprint density at radius 2 is 1.93 bits per heavy atom. The SMILES string of the molecule is CC[C@@H]1CCCC[C@H]1C(=O)[C@@H](C)CC. The van der Waals surface area contributed by atoms with Crippen LogP contribution in [0.25, 0.3) is 0 Å². The second-order valence-corrected chi connectivity index (χ2v) is 4.77. The molecule has 1 fully saturated rings. The second-order valence-electron chi connectivity index (χ2n) is 4.77. The molecule has 82 valence electrons. The zero-order chi connectivity index (χ0) is 10.6. The minimum atomic E-state index is 0.284. The third-order valence-electron chi connectivity index (χ3n) is 3.90. The van der Waals surface area contributed by atoms with Crippen molar-refractivity contribution < 1.29 is 4.79 Å². The number of hydrogen-bond donors (Lipinski definition) is 0. The molecule has 1 heteroatoms. The molecule has 0 aromatic heterocycles. The monoisotopic (exact) mass is 196 g/mol. The minimum Gasteiger partial charge on any atom is -0.299 e. The third-order valence-corrected chi connectivity index (χ3v) is 3.90. The fourth-order valence-electron chi connectivity index (χ4n) is 2.64. The van der Waals surface area contributed by atoms with Crippen LogP contribution in [0.15, 0.2) is 0 Å². The molecule has 0 N–H and O–H groups in total. The smallest absolute Gasteiger partial charge is 0.139 e. The van der Waals surface area contributed by atoms with E-state index in [0.717, 1.165) is 12.8 Å². The summed E-state index contributed by atoms with van der Waals surface area (Å²) in [6.07, 6.45) is 7.23. The Labute approximate surface area is 88.3 Å². The first kappa shape index (κ1) is 11.7. The summed E-state index contributed by atoms with van der Waals surface area (Å²) >= 11 is 0. The normalized spacial score (nSPS) is 29.9. The predicted octanol–water partition coefficient (Wildman–Crippen LogP) is 3.82. The summed E-state index contributed by atoms with van der Waals surface area (Å²) in [5, 5.41) is 0. The highest BCUT2D eigenvalue weighted by molar-refractivity contribution is 5.83.